The van der Waals surface area contributed by atoms with E-state index in [2.05, 4.69) is 32.5 Å². The highest BCUT2D eigenvalue weighted by atomic mass is 16.5. The van der Waals surface area contributed by atoms with Crippen molar-refractivity contribution in [2.45, 2.75) is 26.3 Å². The molecule has 0 spiro atoms. The third-order valence-electron chi connectivity index (χ3n) is 6.08. The Balaban J connectivity index is 1.15. The number of nitrogens with one attached hydrogen (secondary N) is 1. The molecule has 0 aliphatic carbocycles. The van der Waals surface area contributed by atoms with E-state index in [1.165, 1.54) is 5.39 Å². The van der Waals surface area contributed by atoms with E-state index in [1.54, 1.807) is 0 Å². The molecule has 1 aliphatic heterocycles. The SMILES string of the molecule is Cc1cccc(-c2noc(CN3CCC(C(=O)Nc4ccc5ccccc5c4)CC3)n2)c1. The number of nitrogens with zero attached hydrogens (tertiary/aromatic N) is 3. The van der Waals surface area contributed by atoms with Crippen LogP contribution in [0.25, 0.3) is 22.2 Å². The molecule has 32 heavy (non-hydrogen) atoms. The van der Waals surface area contributed by atoms with Gasteiger partial charge in [-0.1, -0.05) is 59.3 Å². The van der Waals surface area contributed by atoms with Gasteiger partial charge in [0, 0.05) is 17.2 Å². The number of hydrogen-bond donors (Lipinski definition) is 1. The second-order valence-corrected chi connectivity index (χ2v) is 8.48. The number of fused-ring (bicyclic) bond motifs is 1. The molecule has 4 aromatic rings. The van der Waals surface area contributed by atoms with E-state index in [4.69, 9.17) is 4.52 Å². The number of anilines is 1. The molecule has 0 bridgehead atoms. The minimum atomic E-state index is 0.0169. The fourth-order valence-electron chi connectivity index (χ4n) is 4.28. The molecule has 1 fully saturated rings. The van der Waals surface area contributed by atoms with Crippen molar-refractivity contribution >= 4 is 22.4 Å². The van der Waals surface area contributed by atoms with Crippen molar-refractivity contribution in [2.24, 2.45) is 5.92 Å². The van der Waals surface area contributed by atoms with Gasteiger partial charge in [0.2, 0.25) is 17.6 Å². The van der Waals surface area contributed by atoms with Crippen LogP contribution in [0.5, 0.6) is 0 Å². The van der Waals surface area contributed by atoms with Crippen molar-refractivity contribution in [3.8, 4) is 11.4 Å². The molecule has 0 radical (unpaired) electrons. The Kier molecular flexibility index (Phi) is 5.69. The first-order chi connectivity index (χ1) is 15.6. The Labute approximate surface area is 187 Å². The van der Waals surface area contributed by atoms with Crippen LogP contribution in [0, 0.1) is 12.8 Å². The summed E-state index contributed by atoms with van der Waals surface area (Å²) in [5, 5.41) is 9.52. The van der Waals surface area contributed by atoms with Crippen molar-refractivity contribution in [1.82, 2.24) is 15.0 Å². The van der Waals surface area contributed by atoms with Crippen LogP contribution < -0.4 is 5.32 Å². The number of aromatic nitrogens is 2. The normalized spacial score (nSPS) is 15.2. The number of piperidine rings is 1. The summed E-state index contributed by atoms with van der Waals surface area (Å²) >= 11 is 0. The van der Waals surface area contributed by atoms with Crippen molar-refractivity contribution in [1.29, 1.82) is 0 Å². The summed E-state index contributed by atoms with van der Waals surface area (Å²) in [5.41, 5.74) is 2.98. The second kappa shape index (κ2) is 8.93. The van der Waals surface area contributed by atoms with E-state index < -0.39 is 0 Å². The second-order valence-electron chi connectivity index (χ2n) is 8.48. The van der Waals surface area contributed by atoms with Crippen LogP contribution in [0.15, 0.2) is 71.3 Å². The minimum Gasteiger partial charge on any atom is -0.338 e. The minimum absolute atomic E-state index is 0.0169. The van der Waals surface area contributed by atoms with Gasteiger partial charge in [0.25, 0.3) is 0 Å². The number of amides is 1. The highest BCUT2D eigenvalue weighted by molar-refractivity contribution is 5.95. The van der Waals surface area contributed by atoms with E-state index in [-0.39, 0.29) is 11.8 Å². The standard InChI is InChI=1S/C26H26N4O2/c1-18-5-4-8-22(15-18)25-28-24(32-29-25)17-30-13-11-20(12-14-30)26(31)27-23-10-9-19-6-2-3-7-21(19)16-23/h2-10,15-16,20H,11-14,17H2,1H3,(H,27,31). The molecular formula is C26H26N4O2. The Morgan fingerprint density at radius 1 is 1.03 bits per heavy atom. The molecule has 0 atom stereocenters. The number of carbonyl (C=O) groups excluding carboxylic acids is 1. The maximum absolute atomic E-state index is 12.8. The lowest BCUT2D eigenvalue weighted by atomic mass is 9.95. The zero-order valence-electron chi connectivity index (χ0n) is 18.1. The molecule has 0 saturated carbocycles. The van der Waals surface area contributed by atoms with Crippen LogP contribution in [-0.2, 0) is 11.3 Å². The van der Waals surface area contributed by atoms with Crippen LogP contribution in [0.2, 0.25) is 0 Å². The fraction of sp³-hybridized carbons (Fsp3) is 0.269. The number of rotatable bonds is 5. The van der Waals surface area contributed by atoms with E-state index >= 15 is 0 Å². The van der Waals surface area contributed by atoms with E-state index in [1.807, 2.05) is 61.5 Å². The molecule has 1 saturated heterocycles. The average Bonchev–Trinajstić information content (AvgIpc) is 3.28. The Hall–Kier alpha value is -3.51. The quantitative estimate of drug-likeness (QED) is 0.484. The monoisotopic (exact) mass is 426 g/mol. The van der Waals surface area contributed by atoms with Crippen molar-refractivity contribution in [3.63, 3.8) is 0 Å². The predicted molar refractivity (Wildman–Crippen MR) is 125 cm³/mol. The lowest BCUT2D eigenvalue weighted by Gasteiger charge is -2.30. The first kappa shape index (κ1) is 20.4. The van der Waals surface area contributed by atoms with Crippen molar-refractivity contribution in [3.05, 3.63) is 78.2 Å². The van der Waals surface area contributed by atoms with Gasteiger partial charge in [0.1, 0.15) is 0 Å². The third kappa shape index (κ3) is 4.55. The Bertz CT molecular complexity index is 1240. The summed E-state index contributed by atoms with van der Waals surface area (Å²) < 4.78 is 5.47. The number of hydrogen-bond acceptors (Lipinski definition) is 5. The van der Waals surface area contributed by atoms with Gasteiger partial charge in [-0.15, -0.1) is 0 Å². The lowest BCUT2D eigenvalue weighted by molar-refractivity contribution is -0.121. The summed E-state index contributed by atoms with van der Waals surface area (Å²) in [7, 11) is 0. The highest BCUT2D eigenvalue weighted by Crippen LogP contribution is 2.24. The zero-order chi connectivity index (χ0) is 21.9. The topological polar surface area (TPSA) is 71.3 Å². The van der Waals surface area contributed by atoms with E-state index in [9.17, 15) is 4.79 Å². The smallest absolute Gasteiger partial charge is 0.241 e. The molecule has 1 aromatic heterocycles. The molecule has 2 heterocycles. The summed E-state index contributed by atoms with van der Waals surface area (Å²) in [6.45, 7) is 4.32. The molecule has 1 N–H and O–H groups in total. The number of aryl methyl sites for hydroxylation is 1. The molecule has 6 nitrogen and oxygen atoms in total. The Morgan fingerprint density at radius 2 is 1.84 bits per heavy atom. The maximum Gasteiger partial charge on any atom is 0.241 e. The summed E-state index contributed by atoms with van der Waals surface area (Å²) in [6.07, 6.45) is 1.64. The largest absolute Gasteiger partial charge is 0.338 e. The summed E-state index contributed by atoms with van der Waals surface area (Å²) in [6, 6.07) is 22.3. The fourth-order valence-corrected chi connectivity index (χ4v) is 4.28. The molecule has 1 aliphatic rings. The van der Waals surface area contributed by atoms with Crippen LogP contribution in [-0.4, -0.2) is 34.0 Å². The van der Waals surface area contributed by atoms with Crippen molar-refractivity contribution < 1.29 is 9.32 Å². The molecule has 0 unspecified atom stereocenters. The zero-order valence-corrected chi connectivity index (χ0v) is 18.1. The van der Waals surface area contributed by atoms with Gasteiger partial charge in [-0.3, -0.25) is 9.69 Å². The predicted octanol–water partition coefficient (Wildman–Crippen LogP) is 5.05. The first-order valence-electron chi connectivity index (χ1n) is 11.1. The number of likely N-dealkylation sites (tertiary alicyclic amines) is 1. The third-order valence-corrected chi connectivity index (χ3v) is 6.08. The van der Waals surface area contributed by atoms with Gasteiger partial charge in [-0.2, -0.15) is 4.98 Å². The van der Waals surface area contributed by atoms with Gasteiger partial charge in [0.15, 0.2) is 0 Å². The van der Waals surface area contributed by atoms with Gasteiger partial charge in [-0.05, 0) is 61.8 Å². The van der Waals surface area contributed by atoms with Crippen LogP contribution in [0.3, 0.4) is 0 Å². The molecule has 6 heteroatoms. The van der Waals surface area contributed by atoms with Crippen LogP contribution in [0.1, 0.15) is 24.3 Å². The molecular weight excluding hydrogens is 400 g/mol. The number of benzene rings is 3. The van der Waals surface area contributed by atoms with Crippen LogP contribution in [0.4, 0.5) is 5.69 Å². The Morgan fingerprint density at radius 3 is 2.66 bits per heavy atom. The molecule has 1 amide bonds. The van der Waals surface area contributed by atoms with Crippen molar-refractivity contribution in [2.75, 3.05) is 18.4 Å². The van der Waals surface area contributed by atoms with Gasteiger partial charge < -0.3 is 9.84 Å². The number of carbonyl (C=O) groups is 1. The highest BCUT2D eigenvalue weighted by Gasteiger charge is 2.26. The van der Waals surface area contributed by atoms with Gasteiger partial charge in [-0.25, -0.2) is 0 Å². The first-order valence-corrected chi connectivity index (χ1v) is 11.1. The molecule has 162 valence electrons. The van der Waals surface area contributed by atoms with Gasteiger partial charge >= 0.3 is 0 Å². The van der Waals surface area contributed by atoms with E-state index in [0.29, 0.717) is 18.3 Å². The average molecular weight is 427 g/mol. The van der Waals surface area contributed by atoms with Crippen LogP contribution >= 0.6 is 0 Å². The lowest BCUT2D eigenvalue weighted by Crippen LogP contribution is -2.37. The summed E-state index contributed by atoms with van der Waals surface area (Å²) in [4.78, 5) is 19.6. The van der Waals surface area contributed by atoms with Gasteiger partial charge in [0.05, 0.1) is 6.54 Å². The molecule has 5 rings (SSSR count). The van der Waals surface area contributed by atoms with E-state index in [0.717, 1.165) is 48.1 Å². The maximum atomic E-state index is 12.8. The summed E-state index contributed by atoms with van der Waals surface area (Å²) in [5.74, 6) is 1.34. The molecule has 3 aromatic carbocycles.